The van der Waals surface area contributed by atoms with Crippen molar-refractivity contribution in [1.82, 2.24) is 20.0 Å². The standard InChI is InChI=1S/C27H35F3N4O7/c1-15(35)33-13-19-12-32(6-7-40-19)26(39)20-8-18(31-23(36)9-21-24(37)25(38)22(14-33)41-21)11-34(20)10-16-2-4-17(5-3-16)27(28,29)30/h2-5,18-22,24-25,37-38H,6-14H2,1H3,(H,31,36)/t18-,19-,20-,21-,22+,24-,25+/m0/s1. The largest absolute Gasteiger partial charge is 0.416 e. The molecule has 4 saturated heterocycles. The summed E-state index contributed by atoms with van der Waals surface area (Å²) in [6, 6.07) is 3.71. The number of nitrogens with zero attached hydrogens (tertiary/aromatic N) is 3. The minimum Gasteiger partial charge on any atom is -0.388 e. The smallest absolute Gasteiger partial charge is 0.388 e. The molecule has 3 N–H and O–H groups in total. The van der Waals surface area contributed by atoms with Crippen molar-refractivity contribution in [3.8, 4) is 0 Å². The van der Waals surface area contributed by atoms with Crippen LogP contribution < -0.4 is 5.32 Å². The van der Waals surface area contributed by atoms with Crippen molar-refractivity contribution in [1.29, 1.82) is 0 Å². The molecule has 7 atom stereocenters. The Morgan fingerprint density at radius 2 is 1.76 bits per heavy atom. The van der Waals surface area contributed by atoms with Crippen molar-refractivity contribution in [2.24, 2.45) is 0 Å². The van der Waals surface area contributed by atoms with E-state index in [1.807, 2.05) is 4.90 Å². The Kier molecular flexibility index (Phi) is 8.58. The van der Waals surface area contributed by atoms with Crippen molar-refractivity contribution < 1.29 is 47.2 Å². The molecular weight excluding hydrogens is 549 g/mol. The van der Waals surface area contributed by atoms with Crippen molar-refractivity contribution in [2.45, 2.75) is 75.1 Å². The molecule has 41 heavy (non-hydrogen) atoms. The Balaban J connectivity index is 1.39. The third kappa shape index (κ3) is 6.67. The predicted octanol–water partition coefficient (Wildman–Crippen LogP) is -0.267. The molecule has 0 saturated carbocycles. The van der Waals surface area contributed by atoms with Crippen LogP contribution in [0.25, 0.3) is 0 Å². The first-order valence-electron chi connectivity index (χ1n) is 13.8. The number of hydrogen-bond acceptors (Lipinski definition) is 8. The van der Waals surface area contributed by atoms with E-state index in [4.69, 9.17) is 9.47 Å². The molecule has 4 aliphatic rings. The van der Waals surface area contributed by atoms with Crippen molar-refractivity contribution >= 4 is 17.7 Å². The summed E-state index contributed by atoms with van der Waals surface area (Å²) < 4.78 is 50.8. The summed E-state index contributed by atoms with van der Waals surface area (Å²) in [7, 11) is 0. The van der Waals surface area contributed by atoms with Gasteiger partial charge in [-0.05, 0) is 24.1 Å². The highest BCUT2D eigenvalue weighted by molar-refractivity contribution is 5.83. The molecule has 0 unspecified atom stereocenters. The molecule has 0 radical (unpaired) electrons. The highest BCUT2D eigenvalue weighted by Crippen LogP contribution is 2.31. The molecule has 0 spiro atoms. The molecule has 4 aliphatic heterocycles. The number of ether oxygens (including phenoxy) is 2. The van der Waals surface area contributed by atoms with Crippen molar-refractivity contribution in [3.63, 3.8) is 0 Å². The summed E-state index contributed by atoms with van der Waals surface area (Å²) in [6.45, 7) is 2.75. The molecule has 1 aromatic rings. The van der Waals surface area contributed by atoms with Gasteiger partial charge in [-0.25, -0.2) is 0 Å². The first-order chi connectivity index (χ1) is 19.4. The van der Waals surface area contributed by atoms with Gasteiger partial charge in [-0.3, -0.25) is 19.3 Å². The lowest BCUT2D eigenvalue weighted by Gasteiger charge is -2.38. The maximum Gasteiger partial charge on any atom is 0.416 e. The number of amides is 3. The minimum atomic E-state index is -4.46. The number of likely N-dealkylation sites (tertiary alicyclic amines) is 1. The Hall–Kier alpha value is -2.78. The number of rotatable bonds is 2. The number of hydrogen-bond donors (Lipinski definition) is 3. The highest BCUT2D eigenvalue weighted by atomic mass is 19.4. The van der Waals surface area contributed by atoms with E-state index in [-0.39, 0.29) is 64.0 Å². The average molecular weight is 585 g/mol. The quantitative estimate of drug-likeness (QED) is 0.433. The molecule has 14 heteroatoms. The number of fused-ring (bicyclic) bond motifs is 6. The first kappa shape index (κ1) is 29.7. The van der Waals surface area contributed by atoms with Crippen LogP contribution in [0.15, 0.2) is 24.3 Å². The number of nitrogens with one attached hydrogen (secondary N) is 1. The Bertz CT molecular complexity index is 1140. The van der Waals surface area contributed by atoms with E-state index in [9.17, 15) is 37.8 Å². The number of halogens is 3. The van der Waals surface area contributed by atoms with Gasteiger partial charge in [-0.15, -0.1) is 0 Å². The van der Waals surface area contributed by atoms with E-state index in [1.165, 1.54) is 24.0 Å². The van der Waals surface area contributed by atoms with Gasteiger partial charge in [0.25, 0.3) is 0 Å². The summed E-state index contributed by atoms with van der Waals surface area (Å²) in [5.41, 5.74) is -0.173. The lowest BCUT2D eigenvalue weighted by molar-refractivity contribution is -0.146. The summed E-state index contributed by atoms with van der Waals surface area (Å²) in [5.74, 6) is -0.917. The monoisotopic (exact) mass is 584 g/mol. The second-order valence-electron chi connectivity index (χ2n) is 11.2. The molecular formula is C27H35F3N4O7. The number of alkyl halides is 3. The van der Waals surface area contributed by atoms with E-state index in [0.29, 0.717) is 12.1 Å². The second kappa shape index (κ2) is 11.8. The number of benzene rings is 1. The van der Waals surface area contributed by atoms with Gasteiger partial charge in [-0.1, -0.05) is 12.1 Å². The molecule has 0 aliphatic carbocycles. The van der Waals surface area contributed by atoms with Crippen LogP contribution in [-0.2, 0) is 36.6 Å². The van der Waals surface area contributed by atoms with E-state index >= 15 is 0 Å². The van der Waals surface area contributed by atoms with Gasteiger partial charge in [0.2, 0.25) is 17.7 Å². The van der Waals surface area contributed by atoms with Crippen LogP contribution in [0.2, 0.25) is 0 Å². The van der Waals surface area contributed by atoms with Gasteiger partial charge in [0.15, 0.2) is 0 Å². The van der Waals surface area contributed by atoms with Crippen molar-refractivity contribution in [2.75, 3.05) is 39.3 Å². The highest BCUT2D eigenvalue weighted by Gasteiger charge is 2.46. The molecule has 226 valence electrons. The van der Waals surface area contributed by atoms with Crippen LogP contribution in [0.5, 0.6) is 0 Å². The van der Waals surface area contributed by atoms with Crippen LogP contribution in [-0.4, -0.2) is 125 Å². The molecule has 11 nitrogen and oxygen atoms in total. The van der Waals surface area contributed by atoms with E-state index < -0.39 is 60.3 Å². The molecule has 4 heterocycles. The third-order valence-corrected chi connectivity index (χ3v) is 8.29. The third-order valence-electron chi connectivity index (χ3n) is 8.29. The van der Waals surface area contributed by atoms with E-state index in [1.54, 1.807) is 4.90 Å². The predicted molar refractivity (Wildman–Crippen MR) is 136 cm³/mol. The average Bonchev–Trinajstić information content (AvgIpc) is 3.42. The fraction of sp³-hybridized carbons (Fsp3) is 0.667. The molecule has 4 fully saturated rings. The summed E-state index contributed by atoms with van der Waals surface area (Å²) in [4.78, 5) is 44.1. The molecule has 5 rings (SSSR count). The summed E-state index contributed by atoms with van der Waals surface area (Å²) >= 11 is 0. The summed E-state index contributed by atoms with van der Waals surface area (Å²) in [5, 5.41) is 24.0. The molecule has 3 amide bonds. The molecule has 1 aromatic carbocycles. The van der Waals surface area contributed by atoms with Crippen LogP contribution in [0.4, 0.5) is 13.2 Å². The zero-order valence-electron chi connectivity index (χ0n) is 22.6. The van der Waals surface area contributed by atoms with Crippen LogP contribution in [0.3, 0.4) is 0 Å². The Labute approximate surface area is 235 Å². The maximum atomic E-state index is 13.8. The van der Waals surface area contributed by atoms with Gasteiger partial charge in [-0.2, -0.15) is 13.2 Å². The minimum absolute atomic E-state index is 0.0222. The fourth-order valence-electron chi connectivity index (χ4n) is 6.12. The zero-order valence-corrected chi connectivity index (χ0v) is 22.6. The Morgan fingerprint density at radius 3 is 2.44 bits per heavy atom. The van der Waals surface area contributed by atoms with Crippen LogP contribution in [0.1, 0.15) is 30.9 Å². The van der Waals surface area contributed by atoms with Gasteiger partial charge in [0, 0.05) is 52.2 Å². The first-order valence-corrected chi connectivity index (χ1v) is 13.8. The van der Waals surface area contributed by atoms with Crippen LogP contribution >= 0.6 is 0 Å². The van der Waals surface area contributed by atoms with Gasteiger partial charge >= 0.3 is 6.18 Å². The SMILES string of the molecule is CC(=O)N1C[C@@H]2CN(CCO2)C(=O)[C@@H]2C[C@@H](CN2Cc2ccc(C(F)(F)F)cc2)NC(=O)C[C@@H]2O[C@H](C1)[C@@H](O)[C@H]2O. The fourth-order valence-corrected chi connectivity index (χ4v) is 6.12. The molecule has 0 aromatic heterocycles. The molecule has 6 bridgehead atoms. The number of aliphatic hydroxyl groups excluding tert-OH is 2. The van der Waals surface area contributed by atoms with Gasteiger partial charge in [0.05, 0.1) is 36.8 Å². The Morgan fingerprint density at radius 1 is 1.05 bits per heavy atom. The van der Waals surface area contributed by atoms with Crippen LogP contribution in [0, 0.1) is 0 Å². The van der Waals surface area contributed by atoms with Gasteiger partial charge < -0.3 is 34.8 Å². The second-order valence-corrected chi connectivity index (χ2v) is 11.2. The van der Waals surface area contributed by atoms with E-state index in [0.717, 1.165) is 12.1 Å². The zero-order chi connectivity index (χ0) is 29.5. The summed E-state index contributed by atoms with van der Waals surface area (Å²) in [6.07, 6.45) is -9.43. The number of carbonyl (C=O) groups is 3. The maximum absolute atomic E-state index is 13.8. The topological polar surface area (TPSA) is 132 Å². The normalized spacial score (nSPS) is 33.7. The van der Waals surface area contributed by atoms with Gasteiger partial charge in [0.1, 0.15) is 18.3 Å². The number of morpholine rings is 1. The number of carbonyl (C=O) groups excluding carboxylic acids is 3. The van der Waals surface area contributed by atoms with Crippen molar-refractivity contribution in [3.05, 3.63) is 35.4 Å². The van der Waals surface area contributed by atoms with E-state index in [2.05, 4.69) is 5.32 Å². The lowest BCUT2D eigenvalue weighted by Crippen LogP contribution is -2.55. The lowest BCUT2D eigenvalue weighted by atomic mass is 10.0. The number of aliphatic hydroxyl groups is 2.